The quantitative estimate of drug-likeness (QED) is 0.695. The lowest BCUT2D eigenvalue weighted by molar-refractivity contribution is -0.139. The van der Waals surface area contributed by atoms with Gasteiger partial charge in [-0.05, 0) is 56.6 Å². The maximum Gasteiger partial charge on any atom is 0.264 e. The van der Waals surface area contributed by atoms with E-state index in [0.29, 0.717) is 43.9 Å². The molecule has 0 bridgehead atoms. The zero-order valence-corrected chi connectivity index (χ0v) is 20.0. The van der Waals surface area contributed by atoms with Gasteiger partial charge in [-0.1, -0.05) is 19.9 Å². The first kappa shape index (κ1) is 23.7. The molecule has 172 valence electrons. The number of carbonyl (C=O) groups is 3. The van der Waals surface area contributed by atoms with Crippen LogP contribution in [-0.2, 0) is 9.59 Å². The Kier molecular flexibility index (Phi) is 7.75. The summed E-state index contributed by atoms with van der Waals surface area (Å²) in [5, 5.41) is 5.00. The van der Waals surface area contributed by atoms with Crippen molar-refractivity contribution in [3.05, 3.63) is 22.4 Å². The van der Waals surface area contributed by atoms with E-state index in [1.54, 1.807) is 4.90 Å². The highest BCUT2D eigenvalue weighted by atomic mass is 32.1. The minimum Gasteiger partial charge on any atom is -0.355 e. The summed E-state index contributed by atoms with van der Waals surface area (Å²) >= 11 is 1.42. The molecule has 0 unspecified atom stereocenters. The molecular formula is C23H36N4O3S. The van der Waals surface area contributed by atoms with Gasteiger partial charge >= 0.3 is 0 Å². The molecule has 0 radical (unpaired) electrons. The minimum atomic E-state index is -0.369. The van der Waals surface area contributed by atoms with E-state index in [0.717, 1.165) is 19.4 Å². The molecule has 1 atom stereocenters. The summed E-state index contributed by atoms with van der Waals surface area (Å²) in [4.78, 5) is 45.0. The number of hydrogen-bond donors (Lipinski definition) is 1. The van der Waals surface area contributed by atoms with Gasteiger partial charge in [-0.3, -0.25) is 14.4 Å². The van der Waals surface area contributed by atoms with Crippen LogP contribution in [0.15, 0.2) is 17.5 Å². The van der Waals surface area contributed by atoms with Gasteiger partial charge in [-0.25, -0.2) is 0 Å². The van der Waals surface area contributed by atoms with Gasteiger partial charge in [-0.2, -0.15) is 0 Å². The first-order valence-corrected chi connectivity index (χ1v) is 12.1. The molecule has 3 rings (SSSR count). The molecule has 2 aliphatic rings. The fourth-order valence-corrected chi connectivity index (χ4v) is 5.44. The van der Waals surface area contributed by atoms with Crippen molar-refractivity contribution >= 4 is 29.1 Å². The highest BCUT2D eigenvalue weighted by Gasteiger charge is 2.38. The molecular weight excluding hydrogens is 412 g/mol. The maximum atomic E-state index is 13.2. The van der Waals surface area contributed by atoms with Crippen LogP contribution in [-0.4, -0.2) is 85.3 Å². The molecule has 2 fully saturated rings. The number of carbonyl (C=O) groups excluding carboxylic acids is 3. The van der Waals surface area contributed by atoms with E-state index in [-0.39, 0.29) is 35.1 Å². The van der Waals surface area contributed by atoms with E-state index in [4.69, 9.17) is 0 Å². The molecule has 0 spiro atoms. The van der Waals surface area contributed by atoms with Gasteiger partial charge in [0.1, 0.15) is 6.04 Å². The standard InChI is InChI=1S/C23H36N4O3S/c1-23(2,16-25(3)4)15-24-20(28)17-9-12-26(13-10-17)21(29)18-7-5-11-27(18)22(30)19-8-6-14-31-19/h6,8,14,17-18H,5,7,9-13,15-16H2,1-4H3,(H,24,28)/t18-/m0/s1. The van der Waals surface area contributed by atoms with Crippen LogP contribution in [0.3, 0.4) is 0 Å². The van der Waals surface area contributed by atoms with Gasteiger partial charge in [0.15, 0.2) is 0 Å². The van der Waals surface area contributed by atoms with Crippen molar-refractivity contribution in [3.63, 3.8) is 0 Å². The molecule has 7 nitrogen and oxygen atoms in total. The number of hydrogen-bond acceptors (Lipinski definition) is 5. The highest BCUT2D eigenvalue weighted by Crippen LogP contribution is 2.26. The second kappa shape index (κ2) is 10.1. The van der Waals surface area contributed by atoms with Gasteiger partial charge in [0.05, 0.1) is 4.88 Å². The minimum absolute atomic E-state index is 0.0108. The molecule has 1 aromatic rings. The Labute approximate surface area is 189 Å². The molecule has 1 aromatic heterocycles. The fourth-order valence-electron chi connectivity index (χ4n) is 4.76. The van der Waals surface area contributed by atoms with Crippen molar-refractivity contribution in [1.82, 2.24) is 20.0 Å². The Hall–Kier alpha value is -1.93. The molecule has 3 heterocycles. The van der Waals surface area contributed by atoms with E-state index < -0.39 is 0 Å². The number of amides is 3. The third-order valence-corrected chi connectivity index (χ3v) is 7.05. The van der Waals surface area contributed by atoms with Crippen molar-refractivity contribution < 1.29 is 14.4 Å². The number of thiophene rings is 1. The van der Waals surface area contributed by atoms with E-state index in [2.05, 4.69) is 24.1 Å². The smallest absolute Gasteiger partial charge is 0.264 e. The molecule has 0 aliphatic carbocycles. The summed E-state index contributed by atoms with van der Waals surface area (Å²) in [6.07, 6.45) is 2.93. The SMILES string of the molecule is CN(C)CC(C)(C)CNC(=O)C1CCN(C(=O)[C@@H]2CCCN2C(=O)c2cccs2)CC1. The van der Waals surface area contributed by atoms with Gasteiger partial charge in [0, 0.05) is 38.6 Å². The van der Waals surface area contributed by atoms with Gasteiger partial charge in [0.25, 0.3) is 5.91 Å². The fraction of sp³-hybridized carbons (Fsp3) is 0.696. The first-order valence-electron chi connectivity index (χ1n) is 11.2. The van der Waals surface area contributed by atoms with E-state index in [1.165, 1.54) is 11.3 Å². The normalized spacial score (nSPS) is 20.4. The predicted octanol–water partition coefficient (Wildman–Crippen LogP) is 2.30. The number of likely N-dealkylation sites (tertiary alicyclic amines) is 2. The van der Waals surface area contributed by atoms with Gasteiger partial charge in [-0.15, -0.1) is 11.3 Å². The number of rotatable bonds is 7. The van der Waals surface area contributed by atoms with E-state index in [9.17, 15) is 14.4 Å². The summed E-state index contributed by atoms with van der Waals surface area (Å²) in [7, 11) is 4.07. The van der Waals surface area contributed by atoms with Crippen LogP contribution in [0.25, 0.3) is 0 Å². The maximum absolute atomic E-state index is 13.2. The number of piperidine rings is 1. The van der Waals surface area contributed by atoms with Crippen molar-refractivity contribution in [2.75, 3.05) is 46.8 Å². The van der Waals surface area contributed by atoms with E-state index >= 15 is 0 Å². The van der Waals surface area contributed by atoms with Crippen LogP contribution in [0.4, 0.5) is 0 Å². The van der Waals surface area contributed by atoms with Crippen molar-refractivity contribution in [3.8, 4) is 0 Å². The summed E-state index contributed by atoms with van der Waals surface area (Å²) in [5.74, 6) is 0.0368. The largest absolute Gasteiger partial charge is 0.355 e. The zero-order valence-electron chi connectivity index (χ0n) is 19.2. The average Bonchev–Trinajstić information content (AvgIpc) is 3.42. The molecule has 0 aromatic carbocycles. The molecule has 2 saturated heterocycles. The Morgan fingerprint density at radius 3 is 2.48 bits per heavy atom. The Bertz CT molecular complexity index is 770. The monoisotopic (exact) mass is 448 g/mol. The lowest BCUT2D eigenvalue weighted by atomic mass is 9.91. The Balaban J connectivity index is 1.49. The summed E-state index contributed by atoms with van der Waals surface area (Å²) in [6, 6.07) is 3.31. The average molecular weight is 449 g/mol. The second-order valence-corrected chi connectivity index (χ2v) is 10.8. The lowest BCUT2D eigenvalue weighted by Gasteiger charge is -2.35. The summed E-state index contributed by atoms with van der Waals surface area (Å²) in [5.41, 5.74) is 0.0108. The lowest BCUT2D eigenvalue weighted by Crippen LogP contribution is -2.51. The third kappa shape index (κ3) is 6.07. The number of nitrogens with one attached hydrogen (secondary N) is 1. The molecule has 3 amide bonds. The summed E-state index contributed by atoms with van der Waals surface area (Å²) < 4.78 is 0. The predicted molar refractivity (Wildman–Crippen MR) is 123 cm³/mol. The van der Waals surface area contributed by atoms with Crippen molar-refractivity contribution in [2.24, 2.45) is 11.3 Å². The van der Waals surface area contributed by atoms with Crippen molar-refractivity contribution in [1.29, 1.82) is 0 Å². The van der Waals surface area contributed by atoms with E-state index in [1.807, 2.05) is 36.5 Å². The van der Waals surface area contributed by atoms with Crippen LogP contribution < -0.4 is 5.32 Å². The van der Waals surface area contributed by atoms with Crippen LogP contribution in [0.2, 0.25) is 0 Å². The first-order chi connectivity index (χ1) is 14.7. The third-order valence-electron chi connectivity index (χ3n) is 6.19. The molecule has 31 heavy (non-hydrogen) atoms. The number of nitrogens with zero attached hydrogens (tertiary/aromatic N) is 3. The highest BCUT2D eigenvalue weighted by molar-refractivity contribution is 7.12. The molecule has 2 aliphatic heterocycles. The topological polar surface area (TPSA) is 73.0 Å². The van der Waals surface area contributed by atoms with Crippen LogP contribution in [0, 0.1) is 11.3 Å². The Morgan fingerprint density at radius 2 is 1.87 bits per heavy atom. The second-order valence-electron chi connectivity index (χ2n) is 9.85. The van der Waals surface area contributed by atoms with Crippen molar-refractivity contribution in [2.45, 2.75) is 45.6 Å². The Morgan fingerprint density at radius 1 is 1.16 bits per heavy atom. The van der Waals surface area contributed by atoms with Crippen LogP contribution in [0.5, 0.6) is 0 Å². The van der Waals surface area contributed by atoms with Gasteiger partial charge < -0.3 is 20.0 Å². The molecule has 8 heteroatoms. The van der Waals surface area contributed by atoms with Crippen LogP contribution in [0.1, 0.15) is 49.2 Å². The summed E-state index contributed by atoms with van der Waals surface area (Å²) in [6.45, 7) is 7.64. The van der Waals surface area contributed by atoms with Crippen LogP contribution >= 0.6 is 11.3 Å². The zero-order chi connectivity index (χ0) is 22.6. The van der Waals surface area contributed by atoms with Gasteiger partial charge in [0.2, 0.25) is 11.8 Å². The molecule has 1 N–H and O–H groups in total. The molecule has 0 saturated carbocycles.